The summed E-state index contributed by atoms with van der Waals surface area (Å²) < 4.78 is 0. The Kier molecular flexibility index (Phi) is 6.99. The molecule has 20 heavy (non-hydrogen) atoms. The van der Waals surface area contributed by atoms with Crippen molar-refractivity contribution in [2.45, 2.75) is 36.6 Å². The highest BCUT2D eigenvalue weighted by Crippen LogP contribution is 2.30. The molecule has 1 N–H and O–H groups in total. The number of benzene rings is 1. The molecule has 5 heteroatoms. The Morgan fingerprint density at radius 1 is 1.35 bits per heavy atom. The van der Waals surface area contributed by atoms with Gasteiger partial charge in [0.15, 0.2) is 0 Å². The van der Waals surface area contributed by atoms with Gasteiger partial charge >= 0.3 is 0 Å². The summed E-state index contributed by atoms with van der Waals surface area (Å²) in [7, 11) is 0. The lowest BCUT2D eigenvalue weighted by Gasteiger charge is -2.24. The van der Waals surface area contributed by atoms with Gasteiger partial charge in [0.05, 0.1) is 5.02 Å². The van der Waals surface area contributed by atoms with Crippen LogP contribution in [0.5, 0.6) is 0 Å². The van der Waals surface area contributed by atoms with Crippen molar-refractivity contribution in [3.05, 3.63) is 28.2 Å². The molecular weight excluding hydrogens is 313 g/mol. The van der Waals surface area contributed by atoms with Crippen molar-refractivity contribution in [2.24, 2.45) is 0 Å². The molecule has 1 saturated heterocycles. The van der Waals surface area contributed by atoms with Crippen molar-refractivity contribution in [2.75, 3.05) is 25.4 Å². The van der Waals surface area contributed by atoms with E-state index in [1.54, 1.807) is 11.8 Å². The summed E-state index contributed by atoms with van der Waals surface area (Å²) in [5.41, 5.74) is 0. The second kappa shape index (κ2) is 8.50. The highest BCUT2D eigenvalue weighted by Gasteiger charge is 2.23. The van der Waals surface area contributed by atoms with Gasteiger partial charge in [-0.3, -0.25) is 4.90 Å². The normalized spacial score (nSPS) is 19.6. The number of aliphatic hydroxyl groups excluding tert-OH is 1. The maximum atomic E-state index is 8.94. The molecule has 0 spiro atoms. The number of likely N-dealkylation sites (tertiary alicyclic amines) is 1. The summed E-state index contributed by atoms with van der Waals surface area (Å²) in [5.74, 6) is 1.02. The van der Waals surface area contributed by atoms with E-state index >= 15 is 0 Å². The zero-order valence-corrected chi connectivity index (χ0v) is 13.9. The highest BCUT2D eigenvalue weighted by molar-refractivity contribution is 7.99. The van der Waals surface area contributed by atoms with Gasteiger partial charge in [-0.05, 0) is 50.4 Å². The van der Waals surface area contributed by atoms with Crippen LogP contribution in [0.25, 0.3) is 0 Å². The number of hydrogen-bond acceptors (Lipinski definition) is 3. The Morgan fingerprint density at radius 2 is 2.20 bits per heavy atom. The Bertz CT molecular complexity index is 430. The summed E-state index contributed by atoms with van der Waals surface area (Å²) in [6.45, 7) is 2.56. The number of thioether (sulfide) groups is 1. The van der Waals surface area contributed by atoms with Gasteiger partial charge in [0.1, 0.15) is 0 Å². The molecule has 1 aromatic carbocycles. The molecule has 1 aliphatic rings. The summed E-state index contributed by atoms with van der Waals surface area (Å²) in [4.78, 5) is 3.60. The second-order valence-corrected chi connectivity index (χ2v) is 7.10. The van der Waals surface area contributed by atoms with Crippen LogP contribution in [0, 0.1) is 0 Å². The molecule has 0 aromatic heterocycles. The van der Waals surface area contributed by atoms with Crippen molar-refractivity contribution in [3.8, 4) is 0 Å². The van der Waals surface area contributed by atoms with E-state index in [2.05, 4.69) is 4.90 Å². The molecule has 1 unspecified atom stereocenters. The average molecular weight is 334 g/mol. The largest absolute Gasteiger partial charge is 0.396 e. The minimum atomic E-state index is 0.303. The van der Waals surface area contributed by atoms with Crippen LogP contribution < -0.4 is 0 Å². The zero-order valence-electron chi connectivity index (χ0n) is 11.5. The summed E-state index contributed by atoms with van der Waals surface area (Å²) in [6.07, 6.45) is 4.56. The van der Waals surface area contributed by atoms with Gasteiger partial charge in [-0.1, -0.05) is 23.2 Å². The minimum absolute atomic E-state index is 0.303. The molecule has 0 radical (unpaired) electrons. The van der Waals surface area contributed by atoms with Gasteiger partial charge in [-0.15, -0.1) is 11.8 Å². The maximum absolute atomic E-state index is 8.94. The Hall–Kier alpha value is 0.0700. The second-order valence-electron chi connectivity index (χ2n) is 5.12. The molecular formula is C15H21Cl2NOS. The van der Waals surface area contributed by atoms with E-state index in [-0.39, 0.29) is 0 Å². The summed E-state index contributed by atoms with van der Waals surface area (Å²) >= 11 is 13.9. The van der Waals surface area contributed by atoms with Gasteiger partial charge < -0.3 is 5.11 Å². The lowest BCUT2D eigenvalue weighted by molar-refractivity contribution is 0.225. The first kappa shape index (κ1) is 16.4. The van der Waals surface area contributed by atoms with E-state index in [1.807, 2.05) is 18.2 Å². The van der Waals surface area contributed by atoms with E-state index in [0.29, 0.717) is 12.6 Å². The van der Waals surface area contributed by atoms with E-state index in [9.17, 15) is 0 Å². The van der Waals surface area contributed by atoms with Crippen LogP contribution in [0.4, 0.5) is 0 Å². The predicted molar refractivity (Wildman–Crippen MR) is 88.1 cm³/mol. The van der Waals surface area contributed by atoms with Crippen LogP contribution in [0.1, 0.15) is 25.7 Å². The first-order valence-electron chi connectivity index (χ1n) is 7.13. The van der Waals surface area contributed by atoms with Crippen molar-refractivity contribution in [1.29, 1.82) is 0 Å². The van der Waals surface area contributed by atoms with Crippen LogP contribution in [0.2, 0.25) is 10.0 Å². The van der Waals surface area contributed by atoms with Gasteiger partial charge in [0.2, 0.25) is 0 Å². The van der Waals surface area contributed by atoms with Gasteiger partial charge in [-0.2, -0.15) is 0 Å². The standard InChI is InChI=1S/C15H21Cl2NOS/c16-12-5-6-14(17)15(11-12)20-10-8-18-7-1-3-13(18)4-2-9-19/h5-6,11,13,19H,1-4,7-10H2. The van der Waals surface area contributed by atoms with Crippen LogP contribution >= 0.6 is 35.0 Å². The van der Waals surface area contributed by atoms with Gasteiger partial charge in [0, 0.05) is 34.9 Å². The van der Waals surface area contributed by atoms with Crippen LogP contribution in [-0.2, 0) is 0 Å². The van der Waals surface area contributed by atoms with Crippen molar-refractivity contribution < 1.29 is 5.11 Å². The predicted octanol–water partition coefficient (Wildman–Crippen LogP) is 4.32. The van der Waals surface area contributed by atoms with Crippen LogP contribution in [-0.4, -0.2) is 41.5 Å². The van der Waals surface area contributed by atoms with Crippen molar-refractivity contribution in [3.63, 3.8) is 0 Å². The van der Waals surface area contributed by atoms with Crippen molar-refractivity contribution >= 4 is 35.0 Å². The fraction of sp³-hybridized carbons (Fsp3) is 0.600. The molecule has 0 aliphatic carbocycles. The monoisotopic (exact) mass is 333 g/mol. The highest BCUT2D eigenvalue weighted by atomic mass is 35.5. The SMILES string of the molecule is OCCCC1CCCN1CCSc1cc(Cl)ccc1Cl. The Labute approximate surface area is 135 Å². The number of rotatable bonds is 7. The van der Waals surface area contributed by atoms with Gasteiger partial charge in [-0.25, -0.2) is 0 Å². The molecule has 1 atom stereocenters. The fourth-order valence-electron chi connectivity index (χ4n) is 2.70. The van der Waals surface area contributed by atoms with Crippen LogP contribution in [0.3, 0.4) is 0 Å². The molecule has 2 rings (SSSR count). The fourth-order valence-corrected chi connectivity index (χ4v) is 4.18. The Balaban J connectivity index is 1.78. The third kappa shape index (κ3) is 4.81. The minimum Gasteiger partial charge on any atom is -0.396 e. The van der Waals surface area contributed by atoms with E-state index < -0.39 is 0 Å². The van der Waals surface area contributed by atoms with E-state index in [0.717, 1.165) is 40.1 Å². The number of hydrogen-bond donors (Lipinski definition) is 1. The lowest BCUT2D eigenvalue weighted by Crippen LogP contribution is -2.31. The molecule has 0 bridgehead atoms. The molecule has 1 aliphatic heterocycles. The number of nitrogens with zero attached hydrogens (tertiary/aromatic N) is 1. The molecule has 1 fully saturated rings. The molecule has 1 aromatic rings. The lowest BCUT2D eigenvalue weighted by atomic mass is 10.1. The third-order valence-corrected chi connectivity index (χ3v) is 5.44. The first-order chi connectivity index (χ1) is 9.70. The summed E-state index contributed by atoms with van der Waals surface area (Å²) in [5, 5.41) is 10.5. The first-order valence-corrected chi connectivity index (χ1v) is 8.87. The number of aliphatic hydroxyl groups is 1. The molecule has 112 valence electrons. The van der Waals surface area contributed by atoms with Crippen LogP contribution in [0.15, 0.2) is 23.1 Å². The van der Waals surface area contributed by atoms with Gasteiger partial charge in [0.25, 0.3) is 0 Å². The maximum Gasteiger partial charge on any atom is 0.0542 e. The van der Waals surface area contributed by atoms with E-state index in [4.69, 9.17) is 28.3 Å². The third-order valence-electron chi connectivity index (χ3n) is 3.72. The smallest absolute Gasteiger partial charge is 0.0542 e. The zero-order chi connectivity index (χ0) is 14.4. The average Bonchev–Trinajstić information content (AvgIpc) is 2.88. The molecule has 0 saturated carbocycles. The number of halogens is 2. The topological polar surface area (TPSA) is 23.5 Å². The quantitative estimate of drug-likeness (QED) is 0.751. The van der Waals surface area contributed by atoms with Crippen molar-refractivity contribution in [1.82, 2.24) is 4.90 Å². The Morgan fingerprint density at radius 3 is 3.00 bits per heavy atom. The summed E-state index contributed by atoms with van der Waals surface area (Å²) in [6, 6.07) is 6.25. The molecule has 2 nitrogen and oxygen atoms in total. The molecule has 0 amide bonds. The van der Waals surface area contributed by atoms with E-state index in [1.165, 1.54) is 19.4 Å². The molecule has 1 heterocycles.